The molecule has 1 aliphatic heterocycles. The van der Waals surface area contributed by atoms with Crippen molar-refractivity contribution in [3.8, 4) is 0 Å². The summed E-state index contributed by atoms with van der Waals surface area (Å²) >= 11 is 0. The first-order valence-electron chi connectivity index (χ1n) is 10.8. The minimum atomic E-state index is 0.0205. The Morgan fingerprint density at radius 3 is 3.00 bits per heavy atom. The van der Waals surface area contributed by atoms with Crippen LogP contribution in [0.15, 0.2) is 18.2 Å². The van der Waals surface area contributed by atoms with Crippen LogP contribution in [-0.4, -0.2) is 57.4 Å². The third-order valence-electron chi connectivity index (χ3n) is 7.30. The number of carbonyl (C=O) groups excluding carboxylic acids is 1. The average Bonchev–Trinajstić information content (AvgIpc) is 2.71. The molecule has 1 N–H and O–H groups in total. The molecule has 1 heterocycles. The van der Waals surface area contributed by atoms with Crippen LogP contribution in [0.2, 0.25) is 0 Å². The van der Waals surface area contributed by atoms with Crippen LogP contribution in [0.1, 0.15) is 49.7 Å². The molecule has 1 amide bonds. The summed E-state index contributed by atoms with van der Waals surface area (Å²) in [6.07, 6.45) is 8.14. The number of methoxy groups -OCH3 is 1. The predicted molar refractivity (Wildman–Crippen MR) is 111 cm³/mol. The standard InChI is InChI=1S/C23H34N2O3/c1-25-11-10-23-9-4-3-5-19(23)21(25)15-17-6-7-18(16-20(17)23)24-22(26)8-12-28-14-13-27-2/h6-7,16,19,21H,3-5,8-15H2,1-2H3,(H,24,26)/t19-,21+,23+/m0/s1. The van der Waals surface area contributed by atoms with E-state index in [-0.39, 0.29) is 5.91 Å². The maximum atomic E-state index is 12.3. The van der Waals surface area contributed by atoms with E-state index in [0.29, 0.717) is 37.7 Å². The van der Waals surface area contributed by atoms with E-state index >= 15 is 0 Å². The number of fused-ring (bicyclic) bond motifs is 1. The number of rotatable bonds is 7. The fourth-order valence-electron chi connectivity index (χ4n) is 5.91. The van der Waals surface area contributed by atoms with Gasteiger partial charge in [0.1, 0.15) is 0 Å². The Kier molecular flexibility index (Phi) is 6.04. The highest BCUT2D eigenvalue weighted by Crippen LogP contribution is 2.55. The van der Waals surface area contributed by atoms with Gasteiger partial charge in [-0.25, -0.2) is 0 Å². The third kappa shape index (κ3) is 3.72. The lowest BCUT2D eigenvalue weighted by Gasteiger charge is -2.58. The highest BCUT2D eigenvalue weighted by molar-refractivity contribution is 5.91. The molecule has 5 heteroatoms. The summed E-state index contributed by atoms with van der Waals surface area (Å²) in [5.41, 5.74) is 4.29. The number of likely N-dealkylation sites (tertiary alicyclic amines) is 1. The summed E-state index contributed by atoms with van der Waals surface area (Å²) in [5.74, 6) is 0.791. The number of hydrogen-bond acceptors (Lipinski definition) is 4. The largest absolute Gasteiger partial charge is 0.382 e. The number of amides is 1. The van der Waals surface area contributed by atoms with Crippen LogP contribution in [0.4, 0.5) is 5.69 Å². The van der Waals surface area contributed by atoms with Gasteiger partial charge in [0, 0.05) is 24.3 Å². The molecule has 3 aliphatic rings. The van der Waals surface area contributed by atoms with Gasteiger partial charge in [-0.15, -0.1) is 0 Å². The number of carbonyl (C=O) groups is 1. The third-order valence-corrected chi connectivity index (χ3v) is 7.30. The fourth-order valence-corrected chi connectivity index (χ4v) is 5.91. The maximum absolute atomic E-state index is 12.3. The Morgan fingerprint density at radius 2 is 2.14 bits per heavy atom. The van der Waals surface area contributed by atoms with Gasteiger partial charge >= 0.3 is 0 Å². The van der Waals surface area contributed by atoms with Crippen LogP contribution in [0.25, 0.3) is 0 Å². The summed E-state index contributed by atoms with van der Waals surface area (Å²) in [5, 5.41) is 3.10. The van der Waals surface area contributed by atoms with Crippen molar-refractivity contribution in [2.45, 2.75) is 56.4 Å². The Labute approximate surface area is 168 Å². The molecule has 1 saturated heterocycles. The van der Waals surface area contributed by atoms with E-state index in [1.807, 2.05) is 0 Å². The molecule has 1 saturated carbocycles. The number of nitrogens with one attached hydrogen (secondary N) is 1. The van der Waals surface area contributed by atoms with Crippen molar-refractivity contribution in [2.75, 3.05) is 45.8 Å². The zero-order valence-electron chi connectivity index (χ0n) is 17.3. The molecule has 0 radical (unpaired) electrons. The van der Waals surface area contributed by atoms with E-state index in [4.69, 9.17) is 9.47 Å². The van der Waals surface area contributed by atoms with Crippen molar-refractivity contribution in [1.82, 2.24) is 4.90 Å². The van der Waals surface area contributed by atoms with Crippen LogP contribution in [0.5, 0.6) is 0 Å². The molecule has 3 atom stereocenters. The highest BCUT2D eigenvalue weighted by atomic mass is 16.5. The quantitative estimate of drug-likeness (QED) is 0.730. The van der Waals surface area contributed by atoms with Crippen molar-refractivity contribution in [2.24, 2.45) is 5.92 Å². The predicted octanol–water partition coefficient (Wildman–Crippen LogP) is 3.37. The van der Waals surface area contributed by atoms with Gasteiger partial charge in [0.2, 0.25) is 5.91 Å². The summed E-state index contributed by atoms with van der Waals surface area (Å²) in [4.78, 5) is 14.9. The van der Waals surface area contributed by atoms with E-state index in [0.717, 1.165) is 18.0 Å². The lowest BCUT2D eigenvalue weighted by Crippen LogP contribution is -2.59. The molecule has 28 heavy (non-hydrogen) atoms. The number of ether oxygens (including phenoxy) is 2. The number of piperidine rings is 1. The molecule has 154 valence electrons. The van der Waals surface area contributed by atoms with Gasteiger partial charge in [0.05, 0.1) is 26.2 Å². The van der Waals surface area contributed by atoms with E-state index in [2.05, 4.69) is 35.5 Å². The van der Waals surface area contributed by atoms with E-state index in [9.17, 15) is 4.79 Å². The normalized spacial score (nSPS) is 29.1. The smallest absolute Gasteiger partial charge is 0.226 e. The van der Waals surface area contributed by atoms with Crippen molar-refractivity contribution < 1.29 is 14.3 Å². The van der Waals surface area contributed by atoms with E-state index in [1.165, 1.54) is 49.8 Å². The van der Waals surface area contributed by atoms with Crippen molar-refractivity contribution >= 4 is 11.6 Å². The molecule has 2 bridgehead atoms. The SMILES string of the molecule is COCCOCCC(=O)Nc1ccc2c(c1)[C@@]13CCCC[C@H]1[C@@H](C2)N(C)CC3. The van der Waals surface area contributed by atoms with Gasteiger partial charge in [0.15, 0.2) is 0 Å². The molecule has 2 aliphatic carbocycles. The summed E-state index contributed by atoms with van der Waals surface area (Å²) < 4.78 is 10.4. The van der Waals surface area contributed by atoms with Crippen molar-refractivity contribution in [3.05, 3.63) is 29.3 Å². The zero-order valence-corrected chi connectivity index (χ0v) is 17.3. The number of anilines is 1. The minimum absolute atomic E-state index is 0.0205. The van der Waals surface area contributed by atoms with Crippen LogP contribution < -0.4 is 5.32 Å². The molecule has 5 nitrogen and oxygen atoms in total. The van der Waals surface area contributed by atoms with Crippen LogP contribution in [0, 0.1) is 5.92 Å². The maximum Gasteiger partial charge on any atom is 0.226 e. The summed E-state index contributed by atoms with van der Waals surface area (Å²) in [7, 11) is 3.95. The number of nitrogens with zero attached hydrogens (tertiary/aromatic N) is 1. The summed E-state index contributed by atoms with van der Waals surface area (Å²) in [6.45, 7) is 2.71. The number of hydrogen-bond donors (Lipinski definition) is 1. The summed E-state index contributed by atoms with van der Waals surface area (Å²) in [6, 6.07) is 7.32. The van der Waals surface area contributed by atoms with Crippen LogP contribution in [-0.2, 0) is 26.1 Å². The lowest BCUT2D eigenvalue weighted by atomic mass is 9.52. The molecule has 1 aromatic carbocycles. The van der Waals surface area contributed by atoms with E-state index < -0.39 is 0 Å². The molecule has 0 unspecified atom stereocenters. The first-order chi connectivity index (χ1) is 13.6. The van der Waals surface area contributed by atoms with Gasteiger partial charge < -0.3 is 19.7 Å². The Morgan fingerprint density at radius 1 is 1.25 bits per heavy atom. The Bertz CT molecular complexity index is 707. The van der Waals surface area contributed by atoms with Gasteiger partial charge in [-0.1, -0.05) is 18.9 Å². The lowest BCUT2D eigenvalue weighted by molar-refractivity contribution is -0.117. The van der Waals surface area contributed by atoms with Gasteiger partial charge in [0.25, 0.3) is 0 Å². The first kappa shape index (κ1) is 19.9. The van der Waals surface area contributed by atoms with Crippen LogP contribution >= 0.6 is 0 Å². The second-order valence-corrected chi connectivity index (χ2v) is 8.79. The molecule has 0 aromatic heterocycles. The number of likely N-dealkylation sites (N-methyl/N-ethyl adjacent to an activating group) is 1. The van der Waals surface area contributed by atoms with Gasteiger partial charge in [-0.2, -0.15) is 0 Å². The fraction of sp³-hybridized carbons (Fsp3) is 0.696. The molecule has 2 fully saturated rings. The minimum Gasteiger partial charge on any atom is -0.382 e. The average molecular weight is 387 g/mol. The van der Waals surface area contributed by atoms with Crippen molar-refractivity contribution in [3.63, 3.8) is 0 Å². The molecule has 1 aromatic rings. The highest BCUT2D eigenvalue weighted by Gasteiger charge is 2.52. The molecule has 4 rings (SSSR count). The van der Waals surface area contributed by atoms with Gasteiger partial charge in [-0.05, 0) is 68.5 Å². The topological polar surface area (TPSA) is 50.8 Å². The monoisotopic (exact) mass is 386 g/mol. The zero-order chi connectivity index (χ0) is 19.6. The van der Waals surface area contributed by atoms with Crippen molar-refractivity contribution in [1.29, 1.82) is 0 Å². The number of benzene rings is 1. The first-order valence-corrected chi connectivity index (χ1v) is 10.8. The van der Waals surface area contributed by atoms with E-state index in [1.54, 1.807) is 7.11 Å². The second kappa shape index (κ2) is 8.52. The Hall–Kier alpha value is -1.43. The Balaban J connectivity index is 1.48. The molecular formula is C23H34N2O3. The van der Waals surface area contributed by atoms with Crippen LogP contribution in [0.3, 0.4) is 0 Å². The van der Waals surface area contributed by atoms with Gasteiger partial charge in [-0.3, -0.25) is 4.79 Å². The second-order valence-electron chi connectivity index (χ2n) is 8.79. The molecular weight excluding hydrogens is 352 g/mol. The molecule has 0 spiro atoms.